The van der Waals surface area contributed by atoms with E-state index in [9.17, 15) is 15.0 Å². The normalized spacial score (nSPS) is 16.6. The van der Waals surface area contributed by atoms with Gasteiger partial charge in [-0.15, -0.1) is 0 Å². The Morgan fingerprint density at radius 1 is 1.27 bits per heavy atom. The molecule has 6 N–H and O–H groups in total. The van der Waals surface area contributed by atoms with Gasteiger partial charge in [-0.2, -0.15) is 0 Å². The molecule has 0 aromatic heterocycles. The van der Waals surface area contributed by atoms with E-state index in [-0.39, 0.29) is 12.6 Å². The van der Waals surface area contributed by atoms with E-state index in [0.717, 1.165) is 12.0 Å². The third kappa shape index (κ3) is 6.11. The van der Waals surface area contributed by atoms with Crippen molar-refractivity contribution in [2.24, 2.45) is 5.73 Å². The van der Waals surface area contributed by atoms with Crippen LogP contribution in [0.4, 0.5) is 0 Å². The summed E-state index contributed by atoms with van der Waals surface area (Å²) in [7, 11) is 0. The van der Waals surface area contributed by atoms with Gasteiger partial charge in [-0.3, -0.25) is 10.1 Å². The van der Waals surface area contributed by atoms with Gasteiger partial charge in [0, 0.05) is 12.1 Å². The molecule has 0 heterocycles. The van der Waals surface area contributed by atoms with Crippen molar-refractivity contribution in [2.75, 3.05) is 6.54 Å². The lowest BCUT2D eigenvalue weighted by Crippen LogP contribution is -2.49. The predicted octanol–water partition coefficient (Wildman–Crippen LogP) is 0.260. The largest absolute Gasteiger partial charge is 0.382 e. The summed E-state index contributed by atoms with van der Waals surface area (Å²) in [6.07, 6.45) is -0.794. The van der Waals surface area contributed by atoms with Gasteiger partial charge in [0.15, 0.2) is 0 Å². The second-order valence-electron chi connectivity index (χ2n) is 5.46. The number of amides is 1. The first kappa shape index (κ1) is 18.6. The lowest BCUT2D eigenvalue weighted by Gasteiger charge is -2.22. The Balaban J connectivity index is 2.36. The van der Waals surface area contributed by atoms with Crippen molar-refractivity contribution >= 4 is 5.91 Å². The minimum Gasteiger partial charge on any atom is -0.382 e. The second-order valence-corrected chi connectivity index (χ2v) is 5.46. The van der Waals surface area contributed by atoms with E-state index in [0.29, 0.717) is 6.42 Å². The maximum Gasteiger partial charge on any atom is 0.250 e. The molecule has 0 bridgehead atoms. The zero-order chi connectivity index (χ0) is 16.5. The first-order valence-corrected chi connectivity index (χ1v) is 7.66. The van der Waals surface area contributed by atoms with Crippen LogP contribution in [0.15, 0.2) is 30.3 Å². The van der Waals surface area contributed by atoms with Crippen LogP contribution in [0.5, 0.6) is 0 Å². The minimum absolute atomic E-state index is 0.00586. The van der Waals surface area contributed by atoms with Crippen molar-refractivity contribution in [1.82, 2.24) is 10.6 Å². The third-order valence-corrected chi connectivity index (χ3v) is 3.51. The van der Waals surface area contributed by atoms with Gasteiger partial charge in [-0.25, -0.2) is 0 Å². The number of aliphatic hydroxyl groups is 2. The third-order valence-electron chi connectivity index (χ3n) is 3.51. The van der Waals surface area contributed by atoms with Crippen molar-refractivity contribution in [2.45, 2.75) is 51.1 Å². The van der Waals surface area contributed by atoms with Gasteiger partial charge in [-0.05, 0) is 18.9 Å². The van der Waals surface area contributed by atoms with Crippen LogP contribution in [0.1, 0.15) is 38.3 Å². The smallest absolute Gasteiger partial charge is 0.250 e. The number of carbonyl (C=O) groups excluding carboxylic acids is 1. The molecule has 1 aromatic carbocycles. The average molecular weight is 309 g/mol. The van der Waals surface area contributed by atoms with E-state index < -0.39 is 24.3 Å². The summed E-state index contributed by atoms with van der Waals surface area (Å²) in [6.45, 7) is 3.86. The molecular weight excluding hydrogens is 282 g/mol. The Labute approximate surface area is 131 Å². The number of hydrogen-bond donors (Lipinski definition) is 5. The lowest BCUT2D eigenvalue weighted by molar-refractivity contribution is -0.131. The maximum absolute atomic E-state index is 11.7. The zero-order valence-corrected chi connectivity index (χ0v) is 13.2. The Hall–Kier alpha value is -1.47. The number of carbonyl (C=O) groups is 1. The van der Waals surface area contributed by atoms with Crippen LogP contribution >= 0.6 is 0 Å². The van der Waals surface area contributed by atoms with Crippen molar-refractivity contribution in [3.05, 3.63) is 35.9 Å². The molecule has 0 fully saturated rings. The Bertz CT molecular complexity index is 442. The number of nitrogens with one attached hydrogen (secondary N) is 2. The van der Waals surface area contributed by atoms with Crippen LogP contribution in [0.3, 0.4) is 0 Å². The Morgan fingerprint density at radius 2 is 1.91 bits per heavy atom. The fourth-order valence-electron chi connectivity index (χ4n) is 2.17. The first-order valence-electron chi connectivity index (χ1n) is 7.66. The van der Waals surface area contributed by atoms with Crippen molar-refractivity contribution in [3.63, 3.8) is 0 Å². The number of benzene rings is 1. The van der Waals surface area contributed by atoms with E-state index in [4.69, 9.17) is 5.73 Å². The molecule has 1 aromatic rings. The van der Waals surface area contributed by atoms with Crippen molar-refractivity contribution in [3.8, 4) is 0 Å². The molecule has 2 unspecified atom stereocenters. The molecule has 0 aliphatic rings. The number of nitrogens with two attached hydrogens (primary N) is 1. The minimum atomic E-state index is -1.25. The lowest BCUT2D eigenvalue weighted by atomic mass is 10.1. The molecule has 4 atom stereocenters. The van der Waals surface area contributed by atoms with Crippen LogP contribution in [0.25, 0.3) is 0 Å². The van der Waals surface area contributed by atoms with Crippen LogP contribution in [-0.2, 0) is 4.79 Å². The Kier molecular flexibility index (Phi) is 8.05. The number of hydrogen-bond acceptors (Lipinski definition) is 5. The highest BCUT2D eigenvalue weighted by Crippen LogP contribution is 2.11. The van der Waals surface area contributed by atoms with Gasteiger partial charge in [0.25, 0.3) is 5.91 Å². The number of aliphatic hydroxyl groups excluding tert-OH is 2. The molecule has 0 aliphatic carbocycles. The maximum atomic E-state index is 11.7. The van der Waals surface area contributed by atoms with E-state index >= 15 is 0 Å². The Morgan fingerprint density at radius 3 is 2.50 bits per heavy atom. The fraction of sp³-hybridized carbons (Fsp3) is 0.562. The summed E-state index contributed by atoms with van der Waals surface area (Å²) in [5, 5.41) is 25.1. The predicted molar refractivity (Wildman–Crippen MR) is 85.9 cm³/mol. The fourth-order valence-corrected chi connectivity index (χ4v) is 2.17. The molecule has 6 heteroatoms. The quantitative estimate of drug-likeness (QED) is 0.421. The highest BCUT2D eigenvalue weighted by Gasteiger charge is 2.22. The van der Waals surface area contributed by atoms with Gasteiger partial charge in [-0.1, -0.05) is 43.7 Å². The van der Waals surface area contributed by atoms with Crippen molar-refractivity contribution in [1.29, 1.82) is 0 Å². The highest BCUT2D eigenvalue weighted by molar-refractivity contribution is 5.81. The van der Waals surface area contributed by atoms with Crippen LogP contribution < -0.4 is 16.4 Å². The molecule has 0 spiro atoms. The molecule has 1 rings (SSSR count). The summed E-state index contributed by atoms with van der Waals surface area (Å²) in [6, 6.07) is 9.04. The monoisotopic (exact) mass is 309 g/mol. The summed E-state index contributed by atoms with van der Waals surface area (Å²) in [4.78, 5) is 11.7. The van der Waals surface area contributed by atoms with E-state index in [1.165, 1.54) is 0 Å². The highest BCUT2D eigenvalue weighted by atomic mass is 16.3. The SMILES string of the molecule is CCCC(N)C(O)C(=O)NC[C@@H](O)N[C@H](C)c1ccccc1. The van der Waals surface area contributed by atoms with Crippen molar-refractivity contribution < 1.29 is 15.0 Å². The summed E-state index contributed by atoms with van der Waals surface area (Å²) in [5.41, 5.74) is 6.74. The topological polar surface area (TPSA) is 108 Å². The molecule has 0 radical (unpaired) electrons. The van der Waals surface area contributed by atoms with Gasteiger partial charge in [0.1, 0.15) is 12.3 Å². The van der Waals surface area contributed by atoms with Crippen LogP contribution in [0, 0.1) is 0 Å². The van der Waals surface area contributed by atoms with E-state index in [1.807, 2.05) is 44.2 Å². The molecule has 0 saturated carbocycles. The number of rotatable bonds is 9. The molecule has 6 nitrogen and oxygen atoms in total. The van der Waals surface area contributed by atoms with Gasteiger partial charge in [0.2, 0.25) is 0 Å². The first-order chi connectivity index (χ1) is 10.5. The van der Waals surface area contributed by atoms with Crippen LogP contribution in [-0.4, -0.2) is 41.0 Å². The molecule has 0 aliphatic heterocycles. The van der Waals surface area contributed by atoms with E-state index in [1.54, 1.807) is 0 Å². The molecule has 124 valence electrons. The van der Waals surface area contributed by atoms with E-state index in [2.05, 4.69) is 10.6 Å². The zero-order valence-electron chi connectivity index (χ0n) is 13.2. The summed E-state index contributed by atoms with van der Waals surface area (Å²) >= 11 is 0. The molecular formula is C16H27N3O3. The molecule has 22 heavy (non-hydrogen) atoms. The van der Waals surface area contributed by atoms with Gasteiger partial charge >= 0.3 is 0 Å². The van der Waals surface area contributed by atoms with Gasteiger partial charge < -0.3 is 21.3 Å². The summed E-state index contributed by atoms with van der Waals surface area (Å²) < 4.78 is 0. The summed E-state index contributed by atoms with van der Waals surface area (Å²) in [5.74, 6) is -0.561. The van der Waals surface area contributed by atoms with Crippen LogP contribution in [0.2, 0.25) is 0 Å². The standard InChI is InChI=1S/C16H27N3O3/c1-3-7-13(17)15(21)16(22)18-10-14(20)19-11(2)12-8-5-4-6-9-12/h4-6,8-9,11,13-15,19-21H,3,7,10,17H2,1-2H3,(H,18,22)/t11-,13?,14-,15?/m1/s1. The van der Waals surface area contributed by atoms with Gasteiger partial charge in [0.05, 0.1) is 6.54 Å². The second kappa shape index (κ2) is 9.53. The molecule has 1 amide bonds. The molecule has 0 saturated heterocycles. The average Bonchev–Trinajstić information content (AvgIpc) is 2.52.